The van der Waals surface area contributed by atoms with E-state index in [9.17, 15) is 0 Å². The lowest BCUT2D eigenvalue weighted by atomic mass is 10.3. The van der Waals surface area contributed by atoms with Gasteiger partial charge >= 0.3 is 0 Å². The number of nitrogen functional groups attached to an aromatic ring is 1. The van der Waals surface area contributed by atoms with E-state index in [0.717, 1.165) is 38.4 Å². The summed E-state index contributed by atoms with van der Waals surface area (Å²) in [6.45, 7) is 3.51. The minimum atomic E-state index is 0.606. The van der Waals surface area contributed by atoms with Crippen LogP contribution in [0.25, 0.3) is 0 Å². The van der Waals surface area contributed by atoms with Gasteiger partial charge in [-0.05, 0) is 18.6 Å². The molecule has 2 rings (SSSR count). The predicted molar refractivity (Wildman–Crippen MR) is 56.3 cm³/mol. The normalized spacial score (nSPS) is 17.9. The minimum Gasteiger partial charge on any atom is -0.382 e. The molecule has 0 aromatic carbocycles. The molecule has 0 saturated carbocycles. The number of nitrogens with zero attached hydrogens (tertiary/aromatic N) is 2. The summed E-state index contributed by atoms with van der Waals surface area (Å²) in [5.74, 6) is 0.606. The Hall–Kier alpha value is -1.29. The first-order valence-electron chi connectivity index (χ1n) is 4.91. The SMILES string of the molecule is Nc1ncccc1N1CCCOCC1. The number of hydrogen-bond donors (Lipinski definition) is 1. The Morgan fingerprint density at radius 3 is 3.14 bits per heavy atom. The highest BCUT2D eigenvalue weighted by Gasteiger charge is 2.12. The van der Waals surface area contributed by atoms with Crippen molar-refractivity contribution in [3.05, 3.63) is 18.3 Å². The zero-order chi connectivity index (χ0) is 9.80. The summed E-state index contributed by atoms with van der Waals surface area (Å²) >= 11 is 0. The Labute approximate surface area is 83.7 Å². The maximum absolute atomic E-state index is 5.81. The van der Waals surface area contributed by atoms with E-state index in [1.807, 2.05) is 12.1 Å². The summed E-state index contributed by atoms with van der Waals surface area (Å²) in [4.78, 5) is 6.31. The lowest BCUT2D eigenvalue weighted by Gasteiger charge is -2.22. The number of anilines is 2. The van der Waals surface area contributed by atoms with Gasteiger partial charge in [0.2, 0.25) is 0 Å². The minimum absolute atomic E-state index is 0.606. The van der Waals surface area contributed by atoms with Crippen LogP contribution in [0.3, 0.4) is 0 Å². The van der Waals surface area contributed by atoms with Crippen molar-refractivity contribution in [3.63, 3.8) is 0 Å². The molecule has 76 valence electrons. The Bertz CT molecular complexity index is 295. The monoisotopic (exact) mass is 193 g/mol. The maximum Gasteiger partial charge on any atom is 0.146 e. The first kappa shape index (κ1) is 9.27. The first-order valence-corrected chi connectivity index (χ1v) is 4.91. The molecule has 1 aliphatic rings. The molecule has 4 heteroatoms. The van der Waals surface area contributed by atoms with Gasteiger partial charge in [0.15, 0.2) is 0 Å². The molecule has 0 amide bonds. The van der Waals surface area contributed by atoms with E-state index in [0.29, 0.717) is 5.82 Å². The summed E-state index contributed by atoms with van der Waals surface area (Å²) < 4.78 is 5.38. The van der Waals surface area contributed by atoms with Crippen LogP contribution in [-0.2, 0) is 4.74 Å². The fourth-order valence-electron chi connectivity index (χ4n) is 1.66. The summed E-state index contributed by atoms with van der Waals surface area (Å²) in [6.07, 6.45) is 2.77. The number of hydrogen-bond acceptors (Lipinski definition) is 4. The van der Waals surface area contributed by atoms with Crippen molar-refractivity contribution < 1.29 is 4.74 Å². The van der Waals surface area contributed by atoms with Crippen LogP contribution in [-0.4, -0.2) is 31.3 Å². The molecule has 1 aromatic heterocycles. The van der Waals surface area contributed by atoms with Crippen molar-refractivity contribution in [1.82, 2.24) is 4.98 Å². The number of ether oxygens (including phenoxy) is 1. The van der Waals surface area contributed by atoms with Crippen LogP contribution >= 0.6 is 0 Å². The Balaban J connectivity index is 2.16. The van der Waals surface area contributed by atoms with Crippen molar-refractivity contribution in [1.29, 1.82) is 0 Å². The average molecular weight is 193 g/mol. The van der Waals surface area contributed by atoms with E-state index in [4.69, 9.17) is 10.5 Å². The highest BCUT2D eigenvalue weighted by Crippen LogP contribution is 2.20. The van der Waals surface area contributed by atoms with E-state index in [2.05, 4.69) is 9.88 Å². The predicted octanol–water partition coefficient (Wildman–Crippen LogP) is 0.890. The molecule has 2 N–H and O–H groups in total. The van der Waals surface area contributed by atoms with Crippen LogP contribution in [0.5, 0.6) is 0 Å². The third-order valence-electron chi connectivity index (χ3n) is 2.38. The van der Waals surface area contributed by atoms with Crippen LogP contribution < -0.4 is 10.6 Å². The highest BCUT2D eigenvalue weighted by molar-refractivity contribution is 5.62. The molecule has 0 radical (unpaired) electrons. The number of pyridine rings is 1. The second-order valence-electron chi connectivity index (χ2n) is 3.36. The van der Waals surface area contributed by atoms with Crippen LogP contribution in [0.15, 0.2) is 18.3 Å². The Morgan fingerprint density at radius 2 is 2.29 bits per heavy atom. The molecule has 1 saturated heterocycles. The standard InChI is InChI=1S/C10H15N3O/c11-10-9(3-1-4-12-10)13-5-2-7-14-8-6-13/h1,3-4H,2,5-8H2,(H2,11,12). The molecule has 1 fully saturated rings. The maximum atomic E-state index is 5.81. The molecule has 0 unspecified atom stereocenters. The lowest BCUT2D eigenvalue weighted by molar-refractivity contribution is 0.152. The van der Waals surface area contributed by atoms with E-state index in [1.54, 1.807) is 6.20 Å². The summed E-state index contributed by atoms with van der Waals surface area (Å²) in [6, 6.07) is 3.92. The number of nitrogens with two attached hydrogens (primary N) is 1. The fraction of sp³-hybridized carbons (Fsp3) is 0.500. The van der Waals surface area contributed by atoms with Crippen LogP contribution in [0.2, 0.25) is 0 Å². The Kier molecular flexibility index (Phi) is 2.84. The quantitative estimate of drug-likeness (QED) is 0.719. The smallest absolute Gasteiger partial charge is 0.146 e. The molecule has 0 bridgehead atoms. The molecule has 2 heterocycles. The molecule has 0 spiro atoms. The molecule has 1 aromatic rings. The van der Waals surface area contributed by atoms with Gasteiger partial charge in [0.25, 0.3) is 0 Å². The topological polar surface area (TPSA) is 51.4 Å². The summed E-state index contributed by atoms with van der Waals surface area (Å²) in [5.41, 5.74) is 6.83. The molecule has 14 heavy (non-hydrogen) atoms. The van der Waals surface area contributed by atoms with Crippen LogP contribution in [0.4, 0.5) is 11.5 Å². The van der Waals surface area contributed by atoms with E-state index in [1.165, 1.54) is 0 Å². The third kappa shape index (κ3) is 1.96. The van der Waals surface area contributed by atoms with Crippen LogP contribution in [0.1, 0.15) is 6.42 Å². The summed E-state index contributed by atoms with van der Waals surface area (Å²) in [7, 11) is 0. The third-order valence-corrected chi connectivity index (χ3v) is 2.38. The van der Waals surface area contributed by atoms with Gasteiger partial charge in [-0.1, -0.05) is 0 Å². The lowest BCUT2D eigenvalue weighted by Crippen LogP contribution is -2.26. The van der Waals surface area contributed by atoms with Crippen molar-refractivity contribution in [2.75, 3.05) is 36.9 Å². The highest BCUT2D eigenvalue weighted by atomic mass is 16.5. The van der Waals surface area contributed by atoms with Gasteiger partial charge in [0, 0.05) is 25.9 Å². The zero-order valence-corrected chi connectivity index (χ0v) is 8.15. The van der Waals surface area contributed by atoms with E-state index in [-0.39, 0.29) is 0 Å². The second kappa shape index (κ2) is 4.28. The zero-order valence-electron chi connectivity index (χ0n) is 8.15. The molecule has 1 aliphatic heterocycles. The van der Waals surface area contributed by atoms with Crippen molar-refractivity contribution in [2.45, 2.75) is 6.42 Å². The van der Waals surface area contributed by atoms with Gasteiger partial charge < -0.3 is 15.4 Å². The van der Waals surface area contributed by atoms with E-state index < -0.39 is 0 Å². The van der Waals surface area contributed by atoms with Gasteiger partial charge in [-0.3, -0.25) is 0 Å². The summed E-state index contributed by atoms with van der Waals surface area (Å²) in [5, 5.41) is 0. The van der Waals surface area contributed by atoms with Gasteiger partial charge in [-0.2, -0.15) is 0 Å². The second-order valence-corrected chi connectivity index (χ2v) is 3.36. The Morgan fingerprint density at radius 1 is 1.36 bits per heavy atom. The van der Waals surface area contributed by atoms with Crippen molar-refractivity contribution in [2.24, 2.45) is 0 Å². The fourth-order valence-corrected chi connectivity index (χ4v) is 1.66. The average Bonchev–Trinajstić information content (AvgIpc) is 2.47. The number of aromatic nitrogens is 1. The molecular formula is C10H15N3O. The van der Waals surface area contributed by atoms with Gasteiger partial charge in [0.05, 0.1) is 12.3 Å². The van der Waals surface area contributed by atoms with Crippen LogP contribution in [0, 0.1) is 0 Å². The number of rotatable bonds is 1. The van der Waals surface area contributed by atoms with Crippen molar-refractivity contribution >= 4 is 11.5 Å². The largest absolute Gasteiger partial charge is 0.382 e. The first-order chi connectivity index (χ1) is 6.88. The molecule has 0 atom stereocenters. The molecular weight excluding hydrogens is 178 g/mol. The molecule has 4 nitrogen and oxygen atoms in total. The van der Waals surface area contributed by atoms with E-state index >= 15 is 0 Å². The van der Waals surface area contributed by atoms with Gasteiger partial charge in [0.1, 0.15) is 5.82 Å². The molecule has 0 aliphatic carbocycles. The van der Waals surface area contributed by atoms with Gasteiger partial charge in [-0.15, -0.1) is 0 Å². The van der Waals surface area contributed by atoms with Crippen molar-refractivity contribution in [3.8, 4) is 0 Å². The van der Waals surface area contributed by atoms with Gasteiger partial charge in [-0.25, -0.2) is 4.98 Å².